The van der Waals surface area contributed by atoms with Crippen LogP contribution in [-0.4, -0.2) is 36.4 Å². The molecule has 1 N–H and O–H groups in total. The van der Waals surface area contributed by atoms with E-state index in [0.717, 1.165) is 10.0 Å². The lowest BCUT2D eigenvalue weighted by Gasteiger charge is -2.28. The molecule has 0 radical (unpaired) electrons. The SMILES string of the molecule is CNC(=O)C(C)N(Cc1cccc(Br)c1)C(=O)COc1ccc(Cl)cc1Br. The number of hydrogen-bond acceptors (Lipinski definition) is 3. The van der Waals surface area contributed by atoms with Crippen molar-refractivity contribution in [2.24, 2.45) is 0 Å². The van der Waals surface area contributed by atoms with Crippen LogP contribution in [0.2, 0.25) is 5.02 Å². The maximum atomic E-state index is 12.8. The topological polar surface area (TPSA) is 58.6 Å². The van der Waals surface area contributed by atoms with Gasteiger partial charge in [0.25, 0.3) is 5.91 Å². The zero-order valence-electron chi connectivity index (χ0n) is 14.8. The lowest BCUT2D eigenvalue weighted by molar-refractivity contribution is -0.142. The van der Waals surface area contributed by atoms with Crippen LogP contribution in [0.3, 0.4) is 0 Å². The van der Waals surface area contributed by atoms with Crippen LogP contribution in [0.5, 0.6) is 5.75 Å². The first-order valence-corrected chi connectivity index (χ1v) is 10.1. The Kier molecular flexibility index (Phi) is 8.13. The summed E-state index contributed by atoms with van der Waals surface area (Å²) in [6.45, 7) is 1.78. The van der Waals surface area contributed by atoms with E-state index in [-0.39, 0.29) is 25.0 Å². The lowest BCUT2D eigenvalue weighted by atomic mass is 10.1. The molecule has 8 heteroatoms. The molecular formula is C19H19Br2ClN2O3. The molecule has 2 amide bonds. The zero-order valence-corrected chi connectivity index (χ0v) is 18.8. The van der Waals surface area contributed by atoms with E-state index in [0.29, 0.717) is 15.2 Å². The summed E-state index contributed by atoms with van der Waals surface area (Å²) in [4.78, 5) is 26.4. The van der Waals surface area contributed by atoms with Gasteiger partial charge in [0.15, 0.2) is 6.61 Å². The molecule has 0 spiro atoms. The van der Waals surface area contributed by atoms with Gasteiger partial charge in [0.05, 0.1) is 4.47 Å². The summed E-state index contributed by atoms with van der Waals surface area (Å²) in [6.07, 6.45) is 0. The number of halogens is 3. The van der Waals surface area contributed by atoms with E-state index in [9.17, 15) is 9.59 Å². The van der Waals surface area contributed by atoms with Crippen molar-refractivity contribution < 1.29 is 14.3 Å². The average Bonchev–Trinajstić information content (AvgIpc) is 2.64. The molecule has 0 saturated heterocycles. The summed E-state index contributed by atoms with van der Waals surface area (Å²) in [5.74, 6) is -0.0401. The molecule has 0 bridgehead atoms. The van der Waals surface area contributed by atoms with E-state index in [1.807, 2.05) is 24.3 Å². The van der Waals surface area contributed by atoms with E-state index < -0.39 is 6.04 Å². The van der Waals surface area contributed by atoms with E-state index in [1.54, 1.807) is 32.2 Å². The molecule has 5 nitrogen and oxygen atoms in total. The Labute approximate surface area is 180 Å². The third kappa shape index (κ3) is 6.23. The number of amides is 2. The highest BCUT2D eigenvalue weighted by molar-refractivity contribution is 9.10. The number of rotatable bonds is 7. The van der Waals surface area contributed by atoms with E-state index >= 15 is 0 Å². The standard InChI is InChI=1S/C19H19Br2ClN2O3/c1-12(19(26)23-2)24(10-13-4-3-5-14(20)8-13)18(25)11-27-17-7-6-15(22)9-16(17)21/h3-9,12H,10-11H2,1-2H3,(H,23,26). The van der Waals surface area contributed by atoms with Crippen LogP contribution in [0.1, 0.15) is 12.5 Å². The number of likely N-dealkylation sites (N-methyl/N-ethyl adjacent to an activating group) is 1. The minimum atomic E-state index is -0.640. The molecule has 0 aliphatic rings. The average molecular weight is 519 g/mol. The first-order chi connectivity index (χ1) is 12.8. The summed E-state index contributed by atoms with van der Waals surface area (Å²) in [5, 5.41) is 3.14. The van der Waals surface area contributed by atoms with Crippen molar-refractivity contribution >= 4 is 55.3 Å². The quantitative estimate of drug-likeness (QED) is 0.591. The number of nitrogens with zero attached hydrogens (tertiary/aromatic N) is 1. The minimum absolute atomic E-state index is 0.199. The number of benzene rings is 2. The van der Waals surface area contributed by atoms with Crippen LogP contribution >= 0.6 is 43.5 Å². The van der Waals surface area contributed by atoms with Crippen LogP contribution in [0.15, 0.2) is 51.4 Å². The second-order valence-corrected chi connectivity index (χ2v) is 8.01. The van der Waals surface area contributed by atoms with E-state index in [4.69, 9.17) is 16.3 Å². The Balaban J connectivity index is 2.15. The summed E-state index contributed by atoms with van der Waals surface area (Å²) in [6, 6.07) is 12.0. The fourth-order valence-corrected chi connectivity index (χ4v) is 3.68. The molecule has 1 atom stereocenters. The van der Waals surface area contributed by atoms with Crippen molar-refractivity contribution in [3.63, 3.8) is 0 Å². The second kappa shape index (κ2) is 10.1. The van der Waals surface area contributed by atoms with Crippen molar-refractivity contribution in [2.75, 3.05) is 13.7 Å². The van der Waals surface area contributed by atoms with Gasteiger partial charge in [0, 0.05) is 23.1 Å². The minimum Gasteiger partial charge on any atom is -0.483 e. The third-order valence-corrected chi connectivity index (χ3v) is 5.25. The van der Waals surface area contributed by atoms with Gasteiger partial charge in [0.2, 0.25) is 5.91 Å². The summed E-state index contributed by atoms with van der Waals surface area (Å²) >= 11 is 12.7. The molecule has 0 aliphatic carbocycles. The van der Waals surface area contributed by atoms with Crippen LogP contribution in [0, 0.1) is 0 Å². The van der Waals surface area contributed by atoms with Gasteiger partial charge in [-0.05, 0) is 58.7 Å². The second-order valence-electron chi connectivity index (χ2n) is 5.81. The highest BCUT2D eigenvalue weighted by atomic mass is 79.9. The molecular weight excluding hydrogens is 499 g/mol. The Morgan fingerprint density at radius 3 is 2.59 bits per heavy atom. The van der Waals surface area contributed by atoms with Crippen molar-refractivity contribution in [1.82, 2.24) is 10.2 Å². The van der Waals surface area contributed by atoms with Crippen molar-refractivity contribution in [2.45, 2.75) is 19.5 Å². The third-order valence-electron chi connectivity index (χ3n) is 3.90. The molecule has 1 unspecified atom stereocenters. The fourth-order valence-electron chi connectivity index (χ4n) is 2.44. The number of nitrogens with one attached hydrogen (secondary N) is 1. The van der Waals surface area contributed by atoms with Crippen molar-refractivity contribution in [1.29, 1.82) is 0 Å². The summed E-state index contributed by atoms with van der Waals surface area (Å²) in [5.41, 5.74) is 0.904. The van der Waals surface area contributed by atoms with E-state index in [2.05, 4.69) is 37.2 Å². The zero-order chi connectivity index (χ0) is 20.0. The van der Waals surface area contributed by atoms with Gasteiger partial charge < -0.3 is 15.0 Å². The van der Waals surface area contributed by atoms with Crippen molar-refractivity contribution in [3.05, 3.63) is 62.0 Å². The Morgan fingerprint density at radius 1 is 1.22 bits per heavy atom. The smallest absolute Gasteiger partial charge is 0.261 e. The van der Waals surface area contributed by atoms with Gasteiger partial charge in [-0.1, -0.05) is 39.7 Å². The summed E-state index contributed by atoms with van der Waals surface area (Å²) < 4.78 is 7.18. The first-order valence-electron chi connectivity index (χ1n) is 8.15. The highest BCUT2D eigenvalue weighted by Crippen LogP contribution is 2.28. The molecule has 0 aliphatic heterocycles. The summed E-state index contributed by atoms with van der Waals surface area (Å²) in [7, 11) is 1.54. The van der Waals surface area contributed by atoms with Gasteiger partial charge in [-0.25, -0.2) is 0 Å². The van der Waals surface area contributed by atoms with Crippen LogP contribution in [0.25, 0.3) is 0 Å². The lowest BCUT2D eigenvalue weighted by Crippen LogP contribution is -2.48. The fraction of sp³-hybridized carbons (Fsp3) is 0.263. The monoisotopic (exact) mass is 516 g/mol. The molecule has 0 heterocycles. The molecule has 0 aromatic heterocycles. The maximum Gasteiger partial charge on any atom is 0.261 e. The van der Waals surface area contributed by atoms with Crippen LogP contribution < -0.4 is 10.1 Å². The molecule has 2 aromatic carbocycles. The van der Waals surface area contributed by atoms with Gasteiger partial charge in [-0.3, -0.25) is 9.59 Å². The molecule has 27 heavy (non-hydrogen) atoms. The van der Waals surface area contributed by atoms with Gasteiger partial charge in [0.1, 0.15) is 11.8 Å². The largest absolute Gasteiger partial charge is 0.483 e. The Morgan fingerprint density at radius 2 is 1.96 bits per heavy atom. The number of ether oxygens (including phenoxy) is 1. The van der Waals surface area contributed by atoms with Crippen LogP contribution in [-0.2, 0) is 16.1 Å². The molecule has 2 rings (SSSR count). The normalized spacial score (nSPS) is 11.6. The first kappa shape index (κ1) is 21.7. The predicted octanol–water partition coefficient (Wildman–Crippen LogP) is 4.41. The van der Waals surface area contributed by atoms with Gasteiger partial charge >= 0.3 is 0 Å². The van der Waals surface area contributed by atoms with Crippen molar-refractivity contribution in [3.8, 4) is 5.75 Å². The predicted molar refractivity (Wildman–Crippen MR) is 113 cm³/mol. The Hall–Kier alpha value is -1.57. The van der Waals surface area contributed by atoms with Crippen LogP contribution in [0.4, 0.5) is 0 Å². The Bertz CT molecular complexity index is 832. The number of carbonyl (C=O) groups excluding carboxylic acids is 2. The molecule has 2 aromatic rings. The molecule has 0 saturated carbocycles. The molecule has 144 valence electrons. The highest BCUT2D eigenvalue weighted by Gasteiger charge is 2.26. The van der Waals surface area contributed by atoms with E-state index in [1.165, 1.54) is 4.90 Å². The maximum absolute atomic E-state index is 12.8. The van der Waals surface area contributed by atoms with Gasteiger partial charge in [-0.15, -0.1) is 0 Å². The number of carbonyl (C=O) groups is 2. The molecule has 0 fully saturated rings. The number of hydrogen-bond donors (Lipinski definition) is 1. The van der Waals surface area contributed by atoms with Gasteiger partial charge in [-0.2, -0.15) is 0 Å².